The average Bonchev–Trinajstić information content (AvgIpc) is 3.54. The molecule has 0 radical (unpaired) electrons. The van der Waals surface area contributed by atoms with Crippen molar-refractivity contribution in [3.8, 4) is 0 Å². The van der Waals surface area contributed by atoms with Gasteiger partial charge in [-0.25, -0.2) is 4.79 Å². The van der Waals surface area contributed by atoms with Gasteiger partial charge in [-0.3, -0.25) is 4.79 Å². The van der Waals surface area contributed by atoms with Crippen LogP contribution in [0.15, 0.2) is 11.6 Å². The number of aliphatic hydroxyl groups excluding tert-OH is 12. The first-order chi connectivity index (χ1) is 35.9. The Labute approximate surface area is 448 Å². The van der Waals surface area contributed by atoms with E-state index in [9.17, 15) is 76.0 Å². The number of fused-ring (bicyclic) bond motifs is 7. The van der Waals surface area contributed by atoms with Gasteiger partial charge in [0.25, 0.3) is 0 Å². The van der Waals surface area contributed by atoms with Crippen LogP contribution in [0.4, 0.5) is 0 Å². The van der Waals surface area contributed by atoms with Crippen LogP contribution in [0.3, 0.4) is 0 Å². The monoisotopic (exact) mass is 1100 g/mol. The van der Waals surface area contributed by atoms with Gasteiger partial charge in [-0.1, -0.05) is 60.1 Å². The first-order valence-electron chi connectivity index (χ1n) is 27.7. The fourth-order valence-corrected chi connectivity index (χ4v) is 16.4. The largest absolute Gasteiger partial charge is 0.479 e. The number of carboxylic acids is 1. The molecule has 0 amide bonds. The van der Waals surface area contributed by atoms with Crippen LogP contribution < -0.4 is 0 Å². The lowest BCUT2D eigenvalue weighted by molar-refractivity contribution is -0.390. The van der Waals surface area contributed by atoms with E-state index < -0.39 is 165 Å². The Morgan fingerprint density at radius 1 is 0.584 bits per heavy atom. The van der Waals surface area contributed by atoms with Crippen molar-refractivity contribution < 1.29 is 114 Å². The van der Waals surface area contributed by atoms with Crippen molar-refractivity contribution >= 4 is 11.9 Å². The number of rotatable bonds is 11. The molecular weight excluding hydrogens is 1020 g/mol. The lowest BCUT2D eigenvalue weighted by Gasteiger charge is -2.71. The molecule has 0 unspecified atom stereocenters. The molecule has 0 bridgehead atoms. The Kier molecular flexibility index (Phi) is 16.5. The molecule has 4 saturated carbocycles. The number of hydrogen-bond acceptors (Lipinski definition) is 22. The second kappa shape index (κ2) is 21.3. The van der Waals surface area contributed by atoms with E-state index in [1.807, 2.05) is 0 Å². The van der Waals surface area contributed by atoms with Gasteiger partial charge in [0.2, 0.25) is 6.29 Å². The smallest absolute Gasteiger partial charge is 0.335 e. The molecule has 0 aromatic heterocycles. The summed E-state index contributed by atoms with van der Waals surface area (Å²) in [7, 11) is 0. The summed E-state index contributed by atoms with van der Waals surface area (Å²) in [4.78, 5) is 27.9. The minimum Gasteiger partial charge on any atom is -0.479 e. The van der Waals surface area contributed by atoms with E-state index in [1.54, 1.807) is 0 Å². The van der Waals surface area contributed by atoms with Gasteiger partial charge in [-0.05, 0) is 116 Å². The maximum absolute atomic E-state index is 14.8. The number of aliphatic carboxylic acids is 1. The van der Waals surface area contributed by atoms with Crippen LogP contribution in [0.25, 0.3) is 0 Å². The van der Waals surface area contributed by atoms with Crippen LogP contribution in [0, 0.1) is 50.2 Å². The number of carboxylic acid groups (broad SMARTS) is 1. The molecule has 0 spiro atoms. The van der Waals surface area contributed by atoms with Crippen molar-refractivity contribution in [1.82, 2.24) is 0 Å². The highest BCUT2D eigenvalue weighted by Gasteiger charge is 2.70. The molecule has 5 aliphatic carbocycles. The molecule has 0 aromatic carbocycles. The van der Waals surface area contributed by atoms with Gasteiger partial charge in [-0.15, -0.1) is 0 Å². The Bertz CT molecular complexity index is 2180. The quantitative estimate of drug-likeness (QED) is 0.0676. The molecule has 13 N–H and O–H groups in total. The second-order valence-electron chi connectivity index (χ2n) is 26.3. The summed E-state index contributed by atoms with van der Waals surface area (Å²) < 4.78 is 48.0. The minimum atomic E-state index is -2.04. The van der Waals surface area contributed by atoms with Crippen LogP contribution in [-0.4, -0.2) is 220 Å². The summed E-state index contributed by atoms with van der Waals surface area (Å²) in [6.07, 6.45) is -26.1. The normalized spacial score (nSPS) is 53.4. The number of allylic oxidation sites excluding steroid dienone is 2. The van der Waals surface area contributed by atoms with Gasteiger partial charge in [0, 0.05) is 0 Å². The number of carbonyl (C=O) groups is 2. The van der Waals surface area contributed by atoms with Crippen molar-refractivity contribution in [1.29, 1.82) is 0 Å². The zero-order valence-corrected chi connectivity index (χ0v) is 45.3. The molecule has 4 saturated heterocycles. The fourth-order valence-electron chi connectivity index (χ4n) is 16.4. The number of aliphatic hydroxyl groups is 12. The predicted octanol–water partition coefficient (Wildman–Crippen LogP) is -0.915. The van der Waals surface area contributed by atoms with Gasteiger partial charge in [-0.2, -0.15) is 0 Å². The SMILES string of the molecule is C[C@@H]1O[C@H](O[C@H]2[C@@H](O)[C@H](O[C@H]3O[C@@H](CO)[C@H](O)[C@H](O)[C@@H]3O)[C@@H](O[C@H]3CC[C@@]4(C)[C@H]5CC=C6[C@H]7CC(C)(C)CC[C@]7(C(=O)O[C@H]7O[C@H](CO)[C@@H](O)[C@H](O)[C@@H]7O)CC[C@]6(C)[C@@]5(C)CC[C@H]4C3(C)C)O[C@@H]2C(=O)O)[C@H](O)[C@H](O)[C@H]1O. The molecule has 9 aliphatic rings. The highest BCUT2D eigenvalue weighted by Crippen LogP contribution is 2.76. The van der Waals surface area contributed by atoms with Crippen LogP contribution in [0.1, 0.15) is 120 Å². The lowest BCUT2D eigenvalue weighted by Crippen LogP contribution is -2.68. The van der Waals surface area contributed by atoms with E-state index in [0.717, 1.165) is 19.3 Å². The van der Waals surface area contributed by atoms with Crippen LogP contribution >= 0.6 is 0 Å². The summed E-state index contributed by atoms with van der Waals surface area (Å²) in [5, 5.41) is 139. The van der Waals surface area contributed by atoms with E-state index in [-0.39, 0.29) is 39.4 Å². The van der Waals surface area contributed by atoms with Crippen LogP contribution in [0.5, 0.6) is 0 Å². The third-order valence-corrected chi connectivity index (χ3v) is 21.4. The maximum atomic E-state index is 14.8. The Morgan fingerprint density at radius 3 is 1.75 bits per heavy atom. The summed E-state index contributed by atoms with van der Waals surface area (Å²) in [5.41, 5.74) is -1.41. The van der Waals surface area contributed by atoms with Crippen molar-refractivity contribution in [2.24, 2.45) is 50.2 Å². The fraction of sp³-hybridized carbons (Fsp3) is 0.926. The van der Waals surface area contributed by atoms with E-state index in [2.05, 4.69) is 54.5 Å². The number of carbonyl (C=O) groups excluding carboxylic acids is 1. The maximum Gasteiger partial charge on any atom is 0.335 e. The minimum absolute atomic E-state index is 0.00794. The summed E-state index contributed by atoms with van der Waals surface area (Å²) in [5.74, 6) is -2.20. The van der Waals surface area contributed by atoms with Gasteiger partial charge >= 0.3 is 11.9 Å². The Morgan fingerprint density at radius 2 is 1.14 bits per heavy atom. The molecular formula is C54H86O23. The van der Waals surface area contributed by atoms with E-state index in [4.69, 9.17) is 37.9 Å². The van der Waals surface area contributed by atoms with Crippen LogP contribution in [0.2, 0.25) is 0 Å². The van der Waals surface area contributed by atoms with Gasteiger partial charge in [0.05, 0.1) is 30.8 Å². The zero-order valence-electron chi connectivity index (χ0n) is 45.3. The molecule has 9 rings (SSSR count). The zero-order chi connectivity index (χ0) is 56.4. The molecule has 0 aromatic rings. The molecule has 28 atom stereocenters. The van der Waals surface area contributed by atoms with Gasteiger partial charge < -0.3 is 104 Å². The molecule has 4 heterocycles. The summed E-state index contributed by atoms with van der Waals surface area (Å²) >= 11 is 0. The van der Waals surface area contributed by atoms with Gasteiger partial charge in [0.1, 0.15) is 85.5 Å². The average molecular weight is 1100 g/mol. The first kappa shape index (κ1) is 59.5. The van der Waals surface area contributed by atoms with Crippen molar-refractivity contribution in [3.63, 3.8) is 0 Å². The van der Waals surface area contributed by atoms with E-state index in [1.165, 1.54) is 12.5 Å². The topological polar surface area (TPSA) is 371 Å². The second-order valence-corrected chi connectivity index (χ2v) is 26.3. The van der Waals surface area contributed by atoms with Gasteiger partial charge in [0.15, 0.2) is 25.0 Å². The highest BCUT2D eigenvalue weighted by atomic mass is 16.8. The Hall–Kier alpha value is -2.08. The summed E-state index contributed by atoms with van der Waals surface area (Å²) in [6.45, 7) is 15.6. The predicted molar refractivity (Wildman–Crippen MR) is 262 cm³/mol. The number of esters is 1. The standard InChI is InChI=1S/C54H86O23/c1-22-30(57)33(60)36(63)44(70-22)74-40-39(66)41(75-45-37(64)34(61)31(58)25(20-55)71-45)47(76-42(40)43(67)68)73-29-12-13-51(6)27(50(29,4)5)11-14-53(8)28(51)10-9-23-24-19-49(2,3)15-17-54(24,18-16-52(23,53)7)48(69)77-46-38(65)35(62)32(59)26(21-56)72-46/h9,22,24-42,44-47,55-66H,10-21H2,1-8H3,(H,67,68)/t22-,24+,25-,26+,27-,28+,29-,30-,31-,32+,33+,34-,35-,36+,37-,38-,39+,40-,41-,42-,44+,45+,46+,47-,51+,52-,53-,54-/m0/s1. The molecule has 77 heavy (non-hydrogen) atoms. The molecule has 23 nitrogen and oxygen atoms in total. The van der Waals surface area contributed by atoms with Crippen molar-refractivity contribution in [2.45, 2.75) is 249 Å². The highest BCUT2D eigenvalue weighted by molar-refractivity contribution is 5.79. The molecule has 440 valence electrons. The Balaban J connectivity index is 0.986. The van der Waals surface area contributed by atoms with E-state index >= 15 is 0 Å². The molecule has 8 fully saturated rings. The van der Waals surface area contributed by atoms with Crippen LogP contribution in [-0.2, 0) is 47.5 Å². The van der Waals surface area contributed by atoms with E-state index in [0.29, 0.717) is 44.9 Å². The first-order valence-corrected chi connectivity index (χ1v) is 27.7. The lowest BCUT2D eigenvalue weighted by atomic mass is 9.33. The number of hydrogen-bond donors (Lipinski definition) is 13. The summed E-state index contributed by atoms with van der Waals surface area (Å²) in [6, 6.07) is 0. The third kappa shape index (κ3) is 9.66. The van der Waals surface area contributed by atoms with Crippen molar-refractivity contribution in [3.05, 3.63) is 11.6 Å². The van der Waals surface area contributed by atoms with Crippen molar-refractivity contribution in [2.75, 3.05) is 13.2 Å². The number of ether oxygens (including phenoxy) is 8. The third-order valence-electron chi connectivity index (χ3n) is 21.4. The molecule has 4 aliphatic heterocycles. The molecule has 23 heteroatoms.